The fourth-order valence-electron chi connectivity index (χ4n) is 4.52. The molecular weight excluding hydrogens is 522 g/mol. The first-order valence-electron chi connectivity index (χ1n) is 13.6. The summed E-state index contributed by atoms with van der Waals surface area (Å²) in [4.78, 5) is 51.8. The van der Waals surface area contributed by atoms with E-state index in [0.29, 0.717) is 11.4 Å². The molecule has 0 saturated carbocycles. The van der Waals surface area contributed by atoms with Crippen molar-refractivity contribution in [2.45, 2.75) is 58.2 Å². The monoisotopic (exact) mass is 559 g/mol. The van der Waals surface area contributed by atoms with Gasteiger partial charge in [0.15, 0.2) is 0 Å². The normalized spacial score (nSPS) is 13.2. The van der Waals surface area contributed by atoms with Crippen LogP contribution in [0, 0.1) is 5.92 Å². The van der Waals surface area contributed by atoms with Crippen LogP contribution in [0.1, 0.15) is 40.0 Å². The Hall–Kier alpha value is -4.50. The van der Waals surface area contributed by atoms with E-state index in [0.717, 1.165) is 11.1 Å². The Morgan fingerprint density at radius 2 is 1.29 bits per heavy atom. The number of amides is 2. The van der Waals surface area contributed by atoms with Crippen molar-refractivity contribution in [2.75, 3.05) is 10.2 Å². The summed E-state index contributed by atoms with van der Waals surface area (Å²) in [7, 11) is 0. The molecule has 2 amide bonds. The second kappa shape index (κ2) is 14.8. The SMILES string of the molecule is CC(C)C[C@H](NC(CCC(=O)Nc1ccccc1)C(=O)O)C(=O)N(c1ccc(-c2ccccc2)cc1)[C@@H](C)C(=O)O. The van der Waals surface area contributed by atoms with Gasteiger partial charge in [-0.25, -0.2) is 4.79 Å². The molecule has 3 aromatic rings. The molecule has 9 heteroatoms. The summed E-state index contributed by atoms with van der Waals surface area (Å²) in [5.74, 6) is -3.31. The highest BCUT2D eigenvalue weighted by Crippen LogP contribution is 2.26. The van der Waals surface area contributed by atoms with Crippen molar-refractivity contribution in [3.63, 3.8) is 0 Å². The number of aliphatic carboxylic acids is 2. The number of benzene rings is 3. The Labute approximate surface area is 240 Å². The van der Waals surface area contributed by atoms with Gasteiger partial charge in [-0.3, -0.25) is 24.6 Å². The highest BCUT2D eigenvalue weighted by atomic mass is 16.4. The Morgan fingerprint density at radius 3 is 1.83 bits per heavy atom. The highest BCUT2D eigenvalue weighted by molar-refractivity contribution is 6.02. The first-order valence-corrected chi connectivity index (χ1v) is 13.6. The average Bonchev–Trinajstić information content (AvgIpc) is 2.95. The molecule has 0 spiro atoms. The molecule has 3 aromatic carbocycles. The predicted molar refractivity (Wildman–Crippen MR) is 159 cm³/mol. The largest absolute Gasteiger partial charge is 0.480 e. The van der Waals surface area contributed by atoms with Crippen molar-refractivity contribution in [1.29, 1.82) is 0 Å². The van der Waals surface area contributed by atoms with E-state index in [2.05, 4.69) is 10.6 Å². The van der Waals surface area contributed by atoms with Crippen molar-refractivity contribution in [1.82, 2.24) is 5.32 Å². The van der Waals surface area contributed by atoms with Crippen LogP contribution in [-0.4, -0.2) is 52.1 Å². The van der Waals surface area contributed by atoms with Crippen LogP contribution in [0.4, 0.5) is 11.4 Å². The van der Waals surface area contributed by atoms with E-state index in [1.165, 1.54) is 11.8 Å². The van der Waals surface area contributed by atoms with Gasteiger partial charge < -0.3 is 15.5 Å². The molecule has 0 aliphatic heterocycles. The van der Waals surface area contributed by atoms with Crippen LogP contribution in [0.3, 0.4) is 0 Å². The van der Waals surface area contributed by atoms with E-state index in [-0.39, 0.29) is 31.1 Å². The van der Waals surface area contributed by atoms with Crippen LogP contribution in [0.5, 0.6) is 0 Å². The number of nitrogens with one attached hydrogen (secondary N) is 2. The maximum Gasteiger partial charge on any atom is 0.326 e. The lowest BCUT2D eigenvalue weighted by Gasteiger charge is -2.33. The molecule has 216 valence electrons. The zero-order valence-electron chi connectivity index (χ0n) is 23.5. The van der Waals surface area contributed by atoms with Crippen molar-refractivity contribution >= 4 is 35.1 Å². The van der Waals surface area contributed by atoms with E-state index in [9.17, 15) is 29.4 Å². The lowest BCUT2D eigenvalue weighted by molar-refractivity contribution is -0.142. The van der Waals surface area contributed by atoms with Crippen LogP contribution in [0.25, 0.3) is 11.1 Å². The van der Waals surface area contributed by atoms with E-state index in [4.69, 9.17) is 0 Å². The molecule has 0 aliphatic carbocycles. The molecule has 0 saturated heterocycles. The van der Waals surface area contributed by atoms with Crippen molar-refractivity contribution < 1.29 is 29.4 Å². The topological polar surface area (TPSA) is 136 Å². The molecular formula is C32H37N3O6. The second-order valence-electron chi connectivity index (χ2n) is 10.3. The second-order valence-corrected chi connectivity index (χ2v) is 10.3. The number of carboxylic acid groups (broad SMARTS) is 2. The molecule has 0 aliphatic rings. The number of rotatable bonds is 14. The first-order chi connectivity index (χ1) is 19.6. The Morgan fingerprint density at radius 1 is 0.732 bits per heavy atom. The van der Waals surface area contributed by atoms with E-state index in [1.807, 2.05) is 62.4 Å². The lowest BCUT2D eigenvalue weighted by Crippen LogP contribution is -2.56. The molecule has 0 heterocycles. The van der Waals surface area contributed by atoms with Gasteiger partial charge in [-0.05, 0) is 61.1 Å². The highest BCUT2D eigenvalue weighted by Gasteiger charge is 2.35. The first kappa shape index (κ1) is 31.0. The van der Waals surface area contributed by atoms with Crippen LogP contribution in [0.15, 0.2) is 84.9 Å². The number of anilines is 2. The zero-order chi connectivity index (χ0) is 29.9. The van der Waals surface area contributed by atoms with Crippen LogP contribution >= 0.6 is 0 Å². The van der Waals surface area contributed by atoms with Gasteiger partial charge in [0.1, 0.15) is 12.1 Å². The third-order valence-corrected chi connectivity index (χ3v) is 6.66. The number of para-hydroxylation sites is 1. The van der Waals surface area contributed by atoms with Crippen LogP contribution in [0.2, 0.25) is 0 Å². The fraction of sp³-hybridized carbons (Fsp3) is 0.312. The molecule has 0 radical (unpaired) electrons. The van der Waals surface area contributed by atoms with Gasteiger partial charge in [0.25, 0.3) is 0 Å². The van der Waals surface area contributed by atoms with Gasteiger partial charge in [0.05, 0.1) is 6.04 Å². The van der Waals surface area contributed by atoms with Crippen molar-refractivity contribution in [2.24, 2.45) is 5.92 Å². The van der Waals surface area contributed by atoms with Gasteiger partial charge >= 0.3 is 11.9 Å². The minimum absolute atomic E-state index is 0.00489. The molecule has 3 atom stereocenters. The smallest absolute Gasteiger partial charge is 0.326 e. The lowest BCUT2D eigenvalue weighted by atomic mass is 9.99. The number of carboxylic acids is 2. The summed E-state index contributed by atoms with van der Waals surface area (Å²) in [6.07, 6.45) is 0.123. The van der Waals surface area contributed by atoms with Crippen molar-refractivity contribution in [3.8, 4) is 11.1 Å². The third-order valence-electron chi connectivity index (χ3n) is 6.66. The Bertz CT molecular complexity index is 1310. The number of carbonyl (C=O) groups is 4. The van der Waals surface area contributed by atoms with Crippen LogP contribution < -0.4 is 15.5 Å². The summed E-state index contributed by atoms with van der Waals surface area (Å²) >= 11 is 0. The quantitative estimate of drug-likeness (QED) is 0.217. The minimum atomic E-state index is -1.21. The van der Waals surface area contributed by atoms with E-state index < -0.39 is 36.0 Å². The van der Waals surface area contributed by atoms with Gasteiger partial charge in [-0.1, -0.05) is 74.5 Å². The van der Waals surface area contributed by atoms with Gasteiger partial charge in [0.2, 0.25) is 11.8 Å². The number of hydrogen-bond acceptors (Lipinski definition) is 5. The standard InChI is InChI=1S/C32H37N3O6/c1-21(2)20-28(34-27(32(40)41)18-19-29(36)33-25-12-8-5-9-13-25)30(37)35(22(3)31(38)39)26-16-14-24(15-17-26)23-10-6-4-7-11-23/h4-17,21-22,27-28,34H,18-20H2,1-3H3,(H,33,36)(H,38,39)(H,40,41)/t22-,27?,28-/m0/s1. The third kappa shape index (κ3) is 9.01. The zero-order valence-corrected chi connectivity index (χ0v) is 23.5. The van der Waals surface area contributed by atoms with E-state index in [1.54, 1.807) is 36.4 Å². The molecule has 3 rings (SSSR count). The molecule has 0 aromatic heterocycles. The molecule has 1 unspecified atom stereocenters. The van der Waals surface area contributed by atoms with Crippen LogP contribution in [-0.2, 0) is 19.2 Å². The summed E-state index contributed by atoms with van der Waals surface area (Å²) in [5, 5.41) is 25.4. The van der Waals surface area contributed by atoms with Gasteiger partial charge in [0, 0.05) is 17.8 Å². The maximum absolute atomic E-state index is 13.9. The summed E-state index contributed by atoms with van der Waals surface area (Å²) in [6.45, 7) is 5.20. The average molecular weight is 560 g/mol. The van der Waals surface area contributed by atoms with Gasteiger partial charge in [-0.15, -0.1) is 0 Å². The predicted octanol–water partition coefficient (Wildman–Crippen LogP) is 5.04. The van der Waals surface area contributed by atoms with Crippen molar-refractivity contribution in [3.05, 3.63) is 84.9 Å². The molecule has 0 fully saturated rings. The number of nitrogens with zero attached hydrogens (tertiary/aromatic N) is 1. The molecule has 9 nitrogen and oxygen atoms in total. The minimum Gasteiger partial charge on any atom is -0.480 e. The Kier molecular flexibility index (Phi) is 11.2. The number of hydrogen-bond donors (Lipinski definition) is 4. The molecule has 41 heavy (non-hydrogen) atoms. The Balaban J connectivity index is 1.82. The number of carbonyl (C=O) groups excluding carboxylic acids is 2. The summed E-state index contributed by atoms with van der Waals surface area (Å²) in [5.41, 5.74) is 2.86. The summed E-state index contributed by atoms with van der Waals surface area (Å²) < 4.78 is 0. The maximum atomic E-state index is 13.9. The molecule has 0 bridgehead atoms. The molecule has 4 N–H and O–H groups in total. The fourth-order valence-corrected chi connectivity index (χ4v) is 4.52. The summed E-state index contributed by atoms with van der Waals surface area (Å²) in [6, 6.07) is 22.1. The van der Waals surface area contributed by atoms with Gasteiger partial charge in [-0.2, -0.15) is 0 Å². The van der Waals surface area contributed by atoms with E-state index >= 15 is 0 Å².